The first-order valence-corrected chi connectivity index (χ1v) is 4.33. The van der Waals surface area contributed by atoms with E-state index in [2.05, 4.69) is 5.32 Å². The first kappa shape index (κ1) is 10.7. The molecule has 5 nitrogen and oxygen atoms in total. The van der Waals surface area contributed by atoms with Gasteiger partial charge in [-0.1, -0.05) is 0 Å². The van der Waals surface area contributed by atoms with Crippen molar-refractivity contribution in [1.29, 1.82) is 0 Å². The molecule has 1 amide bonds. The van der Waals surface area contributed by atoms with Gasteiger partial charge in [-0.2, -0.15) is 0 Å². The number of carbonyl (C=O) groups excluding carboxylic acids is 2. The van der Waals surface area contributed by atoms with Crippen LogP contribution in [0, 0.1) is 0 Å². The Morgan fingerprint density at radius 3 is 2.57 bits per heavy atom. The van der Waals surface area contributed by atoms with Gasteiger partial charge < -0.3 is 15.2 Å². The Hall–Kier alpha value is -1.36. The second-order valence-electron chi connectivity index (χ2n) is 3.25. The summed E-state index contributed by atoms with van der Waals surface area (Å²) in [6, 6.07) is 0. The third-order valence-electron chi connectivity index (χ3n) is 2.17. The molecule has 14 heavy (non-hydrogen) atoms. The molecule has 1 atom stereocenters. The molecule has 0 bridgehead atoms. The molecule has 1 aliphatic rings. The van der Waals surface area contributed by atoms with Gasteiger partial charge in [-0.3, -0.25) is 4.79 Å². The number of aliphatic hydroxyl groups is 1. The van der Waals surface area contributed by atoms with Crippen LogP contribution >= 0.6 is 0 Å². The fourth-order valence-corrected chi connectivity index (χ4v) is 1.24. The number of nitrogens with one attached hydrogen (secondary N) is 1. The molecule has 0 radical (unpaired) electrons. The zero-order valence-electron chi connectivity index (χ0n) is 8.38. The van der Waals surface area contributed by atoms with Crippen molar-refractivity contribution in [2.45, 2.75) is 26.5 Å². The summed E-state index contributed by atoms with van der Waals surface area (Å²) in [6.45, 7) is 4.78. The van der Waals surface area contributed by atoms with Gasteiger partial charge in [-0.25, -0.2) is 4.79 Å². The van der Waals surface area contributed by atoms with E-state index in [0.29, 0.717) is 5.57 Å². The Bertz CT molecular complexity index is 317. The molecule has 5 heteroatoms. The average Bonchev–Trinajstić information content (AvgIpc) is 2.22. The molecule has 1 unspecified atom stereocenters. The lowest BCUT2D eigenvalue weighted by Crippen LogP contribution is -2.40. The number of amides is 1. The predicted octanol–water partition coefficient (Wildman–Crippen LogP) is -0.296. The van der Waals surface area contributed by atoms with Gasteiger partial charge in [-0.05, 0) is 26.3 Å². The fraction of sp³-hybridized carbons (Fsp3) is 0.556. The number of ether oxygens (including phenoxy) is 1. The standard InChI is InChI=1S/C9H13NO4/c1-4-14-8(12)6-5(2)9(3,13)10-7(6)11/h13H,4H2,1-3H3,(H,10,11). The number of carbonyl (C=O) groups is 2. The minimum Gasteiger partial charge on any atom is -0.462 e. The van der Waals surface area contributed by atoms with Gasteiger partial charge in [0.1, 0.15) is 5.57 Å². The predicted molar refractivity (Wildman–Crippen MR) is 48.1 cm³/mol. The Balaban J connectivity index is 3.02. The molecule has 0 aromatic rings. The van der Waals surface area contributed by atoms with Crippen LogP contribution in [0.4, 0.5) is 0 Å². The van der Waals surface area contributed by atoms with Crippen LogP contribution in [0.5, 0.6) is 0 Å². The van der Waals surface area contributed by atoms with Crippen LogP contribution in [0.15, 0.2) is 11.1 Å². The number of hydrogen-bond donors (Lipinski definition) is 2. The van der Waals surface area contributed by atoms with E-state index < -0.39 is 17.6 Å². The molecule has 0 spiro atoms. The summed E-state index contributed by atoms with van der Waals surface area (Å²) in [7, 11) is 0. The second kappa shape index (κ2) is 3.42. The van der Waals surface area contributed by atoms with Gasteiger partial charge in [0, 0.05) is 0 Å². The van der Waals surface area contributed by atoms with E-state index in [0.717, 1.165) is 0 Å². The number of rotatable bonds is 2. The van der Waals surface area contributed by atoms with Crippen molar-refractivity contribution in [3.63, 3.8) is 0 Å². The molecular weight excluding hydrogens is 186 g/mol. The van der Waals surface area contributed by atoms with E-state index >= 15 is 0 Å². The number of esters is 1. The van der Waals surface area contributed by atoms with Crippen molar-refractivity contribution in [2.24, 2.45) is 0 Å². The maximum Gasteiger partial charge on any atom is 0.343 e. The normalized spacial score (nSPS) is 26.4. The van der Waals surface area contributed by atoms with Crippen molar-refractivity contribution >= 4 is 11.9 Å². The largest absolute Gasteiger partial charge is 0.462 e. The molecule has 0 aromatic heterocycles. The lowest BCUT2D eigenvalue weighted by atomic mass is 10.1. The van der Waals surface area contributed by atoms with Crippen molar-refractivity contribution in [2.75, 3.05) is 6.61 Å². The third-order valence-corrected chi connectivity index (χ3v) is 2.17. The molecular formula is C9H13NO4. The quantitative estimate of drug-likeness (QED) is 0.473. The summed E-state index contributed by atoms with van der Waals surface area (Å²) in [5.74, 6) is -1.29. The van der Waals surface area contributed by atoms with Crippen LogP contribution in [-0.4, -0.2) is 29.3 Å². The summed E-state index contributed by atoms with van der Waals surface area (Å²) >= 11 is 0. The van der Waals surface area contributed by atoms with Crippen LogP contribution in [0.1, 0.15) is 20.8 Å². The molecule has 1 rings (SSSR count). The molecule has 1 aliphatic heterocycles. The minimum atomic E-state index is -1.45. The molecule has 0 aliphatic carbocycles. The van der Waals surface area contributed by atoms with E-state index in [1.165, 1.54) is 13.8 Å². The Morgan fingerprint density at radius 2 is 2.21 bits per heavy atom. The molecule has 78 valence electrons. The fourth-order valence-electron chi connectivity index (χ4n) is 1.24. The molecule has 0 aromatic carbocycles. The highest BCUT2D eigenvalue weighted by Gasteiger charge is 2.40. The zero-order chi connectivity index (χ0) is 10.9. The Kier molecular flexibility index (Phi) is 2.62. The number of hydrogen-bond acceptors (Lipinski definition) is 4. The van der Waals surface area contributed by atoms with Gasteiger partial charge >= 0.3 is 5.97 Å². The summed E-state index contributed by atoms with van der Waals surface area (Å²) in [5, 5.41) is 11.9. The van der Waals surface area contributed by atoms with Crippen molar-refractivity contribution in [1.82, 2.24) is 5.32 Å². The second-order valence-corrected chi connectivity index (χ2v) is 3.25. The van der Waals surface area contributed by atoms with Crippen molar-refractivity contribution < 1.29 is 19.4 Å². The van der Waals surface area contributed by atoms with Crippen LogP contribution in [0.25, 0.3) is 0 Å². The van der Waals surface area contributed by atoms with E-state index in [1.54, 1.807) is 6.92 Å². The highest BCUT2D eigenvalue weighted by molar-refractivity contribution is 6.19. The highest BCUT2D eigenvalue weighted by Crippen LogP contribution is 2.24. The first-order chi connectivity index (χ1) is 6.40. The SMILES string of the molecule is CCOC(=O)C1=C(C)C(C)(O)NC1=O. The van der Waals surface area contributed by atoms with Crippen LogP contribution in [0.2, 0.25) is 0 Å². The topological polar surface area (TPSA) is 75.6 Å². The zero-order valence-corrected chi connectivity index (χ0v) is 8.38. The summed E-state index contributed by atoms with van der Waals surface area (Å²) < 4.78 is 4.69. The lowest BCUT2D eigenvalue weighted by Gasteiger charge is -2.17. The summed E-state index contributed by atoms with van der Waals surface area (Å²) in [4.78, 5) is 22.6. The van der Waals surface area contributed by atoms with E-state index in [-0.39, 0.29) is 12.2 Å². The molecule has 0 saturated carbocycles. The van der Waals surface area contributed by atoms with Gasteiger partial charge in [-0.15, -0.1) is 0 Å². The Labute approximate surface area is 81.7 Å². The van der Waals surface area contributed by atoms with Crippen LogP contribution < -0.4 is 5.32 Å². The maximum absolute atomic E-state index is 11.3. The monoisotopic (exact) mass is 199 g/mol. The van der Waals surface area contributed by atoms with Crippen molar-refractivity contribution in [3.8, 4) is 0 Å². The van der Waals surface area contributed by atoms with Crippen molar-refractivity contribution in [3.05, 3.63) is 11.1 Å². The van der Waals surface area contributed by atoms with E-state index in [1.807, 2.05) is 0 Å². The van der Waals surface area contributed by atoms with Gasteiger partial charge in [0.2, 0.25) is 0 Å². The molecule has 0 saturated heterocycles. The maximum atomic E-state index is 11.3. The third kappa shape index (κ3) is 1.63. The van der Waals surface area contributed by atoms with Gasteiger partial charge in [0.05, 0.1) is 6.61 Å². The van der Waals surface area contributed by atoms with E-state index in [9.17, 15) is 14.7 Å². The first-order valence-electron chi connectivity index (χ1n) is 4.33. The average molecular weight is 199 g/mol. The smallest absolute Gasteiger partial charge is 0.343 e. The van der Waals surface area contributed by atoms with Crippen LogP contribution in [-0.2, 0) is 14.3 Å². The molecule has 1 heterocycles. The minimum absolute atomic E-state index is 0.100. The lowest BCUT2D eigenvalue weighted by molar-refractivity contribution is -0.140. The Morgan fingerprint density at radius 1 is 1.64 bits per heavy atom. The highest BCUT2D eigenvalue weighted by atomic mass is 16.5. The van der Waals surface area contributed by atoms with Gasteiger partial charge in [0.25, 0.3) is 5.91 Å². The summed E-state index contributed by atoms with van der Waals surface area (Å²) in [6.07, 6.45) is 0. The van der Waals surface area contributed by atoms with E-state index in [4.69, 9.17) is 4.74 Å². The molecule has 2 N–H and O–H groups in total. The van der Waals surface area contributed by atoms with Gasteiger partial charge in [0.15, 0.2) is 5.72 Å². The molecule has 0 fully saturated rings. The summed E-state index contributed by atoms with van der Waals surface area (Å²) in [5.41, 5.74) is -1.25. The van der Waals surface area contributed by atoms with Crippen LogP contribution in [0.3, 0.4) is 0 Å².